The van der Waals surface area contributed by atoms with E-state index in [2.05, 4.69) is 22.8 Å². The van der Waals surface area contributed by atoms with Crippen LogP contribution in [0.4, 0.5) is 0 Å². The van der Waals surface area contributed by atoms with Crippen LogP contribution in [0.25, 0.3) is 0 Å². The van der Waals surface area contributed by atoms with Crippen molar-refractivity contribution in [3.05, 3.63) is 44.8 Å². The molecular formula is C14H15NO2S2. The van der Waals surface area contributed by atoms with E-state index in [-0.39, 0.29) is 17.9 Å². The minimum Gasteiger partial charge on any atom is -0.381 e. The first-order valence-corrected chi connectivity index (χ1v) is 8.10. The summed E-state index contributed by atoms with van der Waals surface area (Å²) < 4.78 is 5.29. The second-order valence-electron chi connectivity index (χ2n) is 4.57. The van der Waals surface area contributed by atoms with E-state index >= 15 is 0 Å². The average molecular weight is 293 g/mol. The average Bonchev–Trinajstić information content (AvgIpc) is 3.17. The Balaban J connectivity index is 1.78. The lowest BCUT2D eigenvalue weighted by Crippen LogP contribution is -2.34. The fourth-order valence-corrected chi connectivity index (χ4v) is 3.70. The van der Waals surface area contributed by atoms with Crippen LogP contribution in [-0.4, -0.2) is 19.1 Å². The maximum absolute atomic E-state index is 12.3. The molecule has 1 saturated heterocycles. The van der Waals surface area contributed by atoms with Crippen molar-refractivity contribution in [3.63, 3.8) is 0 Å². The molecule has 0 saturated carbocycles. The summed E-state index contributed by atoms with van der Waals surface area (Å²) in [5.41, 5.74) is 1.15. The van der Waals surface area contributed by atoms with Crippen molar-refractivity contribution in [2.45, 2.75) is 12.5 Å². The minimum absolute atomic E-state index is 0.00102. The smallest absolute Gasteiger partial charge is 0.226 e. The summed E-state index contributed by atoms with van der Waals surface area (Å²) in [4.78, 5) is 13.4. The molecule has 2 aromatic heterocycles. The van der Waals surface area contributed by atoms with E-state index in [9.17, 15) is 4.79 Å². The Labute approximate surface area is 120 Å². The highest BCUT2D eigenvalue weighted by Gasteiger charge is 2.27. The van der Waals surface area contributed by atoms with Gasteiger partial charge in [0.15, 0.2) is 0 Å². The van der Waals surface area contributed by atoms with Crippen LogP contribution in [0.5, 0.6) is 0 Å². The van der Waals surface area contributed by atoms with E-state index in [1.54, 1.807) is 22.7 Å². The number of thiophene rings is 2. The van der Waals surface area contributed by atoms with Crippen LogP contribution < -0.4 is 5.32 Å². The molecule has 3 heterocycles. The quantitative estimate of drug-likeness (QED) is 0.941. The third-order valence-corrected chi connectivity index (χ3v) is 4.93. The molecule has 19 heavy (non-hydrogen) atoms. The third-order valence-electron chi connectivity index (χ3n) is 3.29. The Kier molecular flexibility index (Phi) is 3.96. The van der Waals surface area contributed by atoms with Gasteiger partial charge >= 0.3 is 0 Å². The van der Waals surface area contributed by atoms with E-state index < -0.39 is 0 Å². The van der Waals surface area contributed by atoms with Gasteiger partial charge in [-0.15, -0.1) is 11.3 Å². The molecule has 5 heteroatoms. The van der Waals surface area contributed by atoms with Gasteiger partial charge in [-0.25, -0.2) is 0 Å². The van der Waals surface area contributed by atoms with Crippen LogP contribution in [0.15, 0.2) is 34.3 Å². The largest absolute Gasteiger partial charge is 0.381 e. The van der Waals surface area contributed by atoms with Crippen LogP contribution >= 0.6 is 22.7 Å². The lowest BCUT2D eigenvalue weighted by atomic mass is 10.1. The van der Waals surface area contributed by atoms with Gasteiger partial charge < -0.3 is 10.1 Å². The molecule has 1 fully saturated rings. The molecule has 100 valence electrons. The number of hydrogen-bond acceptors (Lipinski definition) is 4. The second-order valence-corrected chi connectivity index (χ2v) is 6.33. The molecule has 3 rings (SSSR count). The molecule has 0 aromatic carbocycles. The van der Waals surface area contributed by atoms with Crippen molar-refractivity contribution < 1.29 is 9.53 Å². The maximum Gasteiger partial charge on any atom is 0.226 e. The van der Waals surface area contributed by atoms with Crippen LogP contribution in [0.1, 0.15) is 22.9 Å². The van der Waals surface area contributed by atoms with Gasteiger partial charge in [0, 0.05) is 11.5 Å². The molecular weight excluding hydrogens is 278 g/mol. The van der Waals surface area contributed by atoms with Crippen LogP contribution in [0.3, 0.4) is 0 Å². The van der Waals surface area contributed by atoms with Crippen molar-refractivity contribution in [3.8, 4) is 0 Å². The molecule has 0 unspecified atom stereocenters. The van der Waals surface area contributed by atoms with Crippen LogP contribution in [0, 0.1) is 5.92 Å². The lowest BCUT2D eigenvalue weighted by Gasteiger charge is -2.18. The first kappa shape index (κ1) is 12.8. The molecule has 1 N–H and O–H groups in total. The lowest BCUT2D eigenvalue weighted by molar-refractivity contribution is -0.125. The first-order chi connectivity index (χ1) is 9.34. The maximum atomic E-state index is 12.3. The van der Waals surface area contributed by atoms with Crippen molar-refractivity contribution in [2.24, 2.45) is 5.92 Å². The predicted octanol–water partition coefficient (Wildman–Crippen LogP) is 3.05. The molecule has 2 aromatic rings. The SMILES string of the molecule is O=C(N[C@@H](c1ccsc1)c1cccs1)[C@H]1CCOC1. The van der Waals surface area contributed by atoms with Crippen LogP contribution in [0.2, 0.25) is 0 Å². The van der Waals surface area contributed by atoms with Crippen molar-refractivity contribution in [1.82, 2.24) is 5.32 Å². The molecule has 0 bridgehead atoms. The fourth-order valence-electron chi connectivity index (χ4n) is 2.21. The number of ether oxygens (including phenoxy) is 1. The highest BCUT2D eigenvalue weighted by molar-refractivity contribution is 7.10. The Bertz CT molecular complexity index is 481. The van der Waals surface area contributed by atoms with Gasteiger partial charge in [0.25, 0.3) is 0 Å². The van der Waals surface area contributed by atoms with Gasteiger partial charge in [-0.3, -0.25) is 4.79 Å². The third kappa shape index (κ3) is 2.88. The van der Waals surface area contributed by atoms with E-state index in [4.69, 9.17) is 4.74 Å². The zero-order valence-electron chi connectivity index (χ0n) is 10.4. The molecule has 1 aliphatic rings. The number of carbonyl (C=O) groups is 1. The summed E-state index contributed by atoms with van der Waals surface area (Å²) >= 11 is 3.33. The summed E-state index contributed by atoms with van der Waals surface area (Å²) in [6, 6.07) is 6.13. The van der Waals surface area contributed by atoms with Gasteiger partial charge in [0.1, 0.15) is 0 Å². The van der Waals surface area contributed by atoms with Crippen molar-refractivity contribution in [1.29, 1.82) is 0 Å². The number of hydrogen-bond donors (Lipinski definition) is 1. The minimum atomic E-state index is -0.0284. The second kappa shape index (κ2) is 5.86. The van der Waals surface area contributed by atoms with E-state index in [1.165, 1.54) is 4.88 Å². The highest BCUT2D eigenvalue weighted by Crippen LogP contribution is 2.28. The zero-order valence-corrected chi connectivity index (χ0v) is 12.0. The summed E-state index contributed by atoms with van der Waals surface area (Å²) in [6.07, 6.45) is 0.826. The number of rotatable bonds is 4. The number of amides is 1. The molecule has 0 spiro atoms. The molecule has 1 amide bonds. The summed E-state index contributed by atoms with van der Waals surface area (Å²) in [5, 5.41) is 9.34. The number of carbonyl (C=O) groups excluding carboxylic acids is 1. The fraction of sp³-hybridized carbons (Fsp3) is 0.357. The Morgan fingerprint density at radius 2 is 2.37 bits per heavy atom. The molecule has 3 nitrogen and oxygen atoms in total. The first-order valence-electron chi connectivity index (χ1n) is 6.28. The zero-order chi connectivity index (χ0) is 13.1. The normalized spacial score (nSPS) is 20.3. The van der Waals surface area contributed by atoms with Crippen molar-refractivity contribution in [2.75, 3.05) is 13.2 Å². The highest BCUT2D eigenvalue weighted by atomic mass is 32.1. The standard InChI is InChI=1S/C14H15NO2S2/c16-14(10-3-5-17-8-10)15-13(11-4-7-18-9-11)12-2-1-6-19-12/h1-2,4,6-7,9-10,13H,3,5,8H2,(H,15,16)/t10-,13-/m0/s1. The van der Waals surface area contributed by atoms with E-state index in [0.29, 0.717) is 13.2 Å². The van der Waals surface area contributed by atoms with Crippen molar-refractivity contribution >= 4 is 28.6 Å². The Hall–Kier alpha value is -1.17. The number of nitrogens with one attached hydrogen (secondary N) is 1. The van der Waals surface area contributed by atoms with Gasteiger partial charge in [-0.05, 0) is 40.3 Å². The molecule has 1 aliphatic heterocycles. The van der Waals surface area contributed by atoms with Gasteiger partial charge in [-0.1, -0.05) is 6.07 Å². The van der Waals surface area contributed by atoms with Gasteiger partial charge in [0.2, 0.25) is 5.91 Å². The molecule has 0 radical (unpaired) electrons. The predicted molar refractivity (Wildman–Crippen MR) is 77.5 cm³/mol. The Morgan fingerprint density at radius 3 is 3.00 bits per heavy atom. The van der Waals surface area contributed by atoms with E-state index in [0.717, 1.165) is 12.0 Å². The van der Waals surface area contributed by atoms with Gasteiger partial charge in [0.05, 0.1) is 18.6 Å². The summed E-state index contributed by atoms with van der Waals surface area (Å²) in [7, 11) is 0. The Morgan fingerprint density at radius 1 is 1.42 bits per heavy atom. The topological polar surface area (TPSA) is 38.3 Å². The molecule has 0 aliphatic carbocycles. The molecule has 2 atom stereocenters. The summed E-state index contributed by atoms with van der Waals surface area (Å²) in [5.74, 6) is 0.100. The van der Waals surface area contributed by atoms with Gasteiger partial charge in [-0.2, -0.15) is 11.3 Å². The monoisotopic (exact) mass is 293 g/mol. The summed E-state index contributed by atoms with van der Waals surface area (Å²) in [6.45, 7) is 1.24. The van der Waals surface area contributed by atoms with E-state index in [1.807, 2.05) is 16.8 Å². The van der Waals surface area contributed by atoms with Crippen LogP contribution in [-0.2, 0) is 9.53 Å².